The van der Waals surface area contributed by atoms with Crippen LogP contribution in [-0.2, 0) is 16.6 Å². The molecule has 0 atom stereocenters. The van der Waals surface area contributed by atoms with Crippen LogP contribution in [0.4, 0.5) is 10.1 Å². The van der Waals surface area contributed by atoms with E-state index in [1.807, 2.05) is 0 Å². The number of benzene rings is 1. The van der Waals surface area contributed by atoms with Gasteiger partial charge in [0.05, 0.1) is 10.0 Å². The molecule has 0 saturated heterocycles. The minimum atomic E-state index is -4.00. The van der Waals surface area contributed by atoms with Gasteiger partial charge in [-0.05, 0) is 24.3 Å². The van der Waals surface area contributed by atoms with Crippen LogP contribution in [0.15, 0.2) is 35.2 Å². The average molecular weight is 349 g/mol. The zero-order valence-corrected chi connectivity index (χ0v) is 13.6. The van der Waals surface area contributed by atoms with E-state index in [1.165, 1.54) is 27.8 Å². The summed E-state index contributed by atoms with van der Waals surface area (Å²) in [4.78, 5) is 0.301. The van der Waals surface area contributed by atoms with Gasteiger partial charge >= 0.3 is 0 Å². The van der Waals surface area contributed by atoms with Crippen LogP contribution in [0.3, 0.4) is 0 Å². The van der Waals surface area contributed by atoms with E-state index >= 15 is 0 Å². The van der Waals surface area contributed by atoms with E-state index in [0.717, 1.165) is 10.9 Å². The lowest BCUT2D eigenvalue weighted by atomic mass is 10.3. The van der Waals surface area contributed by atoms with E-state index in [2.05, 4.69) is 0 Å². The second kappa shape index (κ2) is 6.31. The summed E-state index contributed by atoms with van der Waals surface area (Å²) in [5.74, 6) is -0.849. The number of sulfonamides is 1. The Morgan fingerprint density at radius 2 is 2.05 bits per heavy atom. The summed E-state index contributed by atoms with van der Waals surface area (Å²) in [6.07, 6.45) is 0. The van der Waals surface area contributed by atoms with Crippen LogP contribution >= 0.6 is 22.9 Å². The van der Waals surface area contributed by atoms with Gasteiger partial charge in [-0.2, -0.15) is 4.31 Å². The fourth-order valence-corrected chi connectivity index (χ4v) is 4.68. The molecule has 0 bridgehead atoms. The summed E-state index contributed by atoms with van der Waals surface area (Å²) >= 11 is 7.12. The summed E-state index contributed by atoms with van der Waals surface area (Å²) in [6.45, 7) is 2.01. The number of rotatable bonds is 5. The maximum Gasteiger partial charge on any atom is 0.248 e. The minimum absolute atomic E-state index is 0.0994. The predicted molar refractivity (Wildman–Crippen MR) is 83.4 cm³/mol. The van der Waals surface area contributed by atoms with Gasteiger partial charge in [-0.25, -0.2) is 12.8 Å². The van der Waals surface area contributed by atoms with Crippen LogP contribution in [0.25, 0.3) is 0 Å². The molecule has 4 nitrogen and oxygen atoms in total. The Morgan fingerprint density at radius 1 is 1.33 bits per heavy atom. The van der Waals surface area contributed by atoms with Crippen molar-refractivity contribution in [2.45, 2.75) is 18.4 Å². The van der Waals surface area contributed by atoms with Gasteiger partial charge in [-0.3, -0.25) is 0 Å². The first-order chi connectivity index (χ1) is 9.86. The molecule has 0 fully saturated rings. The molecule has 0 radical (unpaired) electrons. The van der Waals surface area contributed by atoms with Gasteiger partial charge in [0.1, 0.15) is 10.7 Å². The van der Waals surface area contributed by atoms with Crippen LogP contribution in [0.1, 0.15) is 11.8 Å². The fraction of sp³-hybridized carbons (Fsp3) is 0.231. The number of nitrogen functional groups attached to an aromatic ring is 1. The van der Waals surface area contributed by atoms with Crippen molar-refractivity contribution in [2.75, 3.05) is 12.3 Å². The van der Waals surface area contributed by atoms with Crippen LogP contribution in [-0.4, -0.2) is 19.3 Å². The number of thiophene rings is 1. The van der Waals surface area contributed by atoms with Crippen LogP contribution < -0.4 is 5.73 Å². The predicted octanol–water partition coefficient (Wildman–Crippen LogP) is 3.33. The zero-order valence-electron chi connectivity index (χ0n) is 11.2. The third-order valence-electron chi connectivity index (χ3n) is 2.91. The van der Waals surface area contributed by atoms with E-state index < -0.39 is 20.7 Å². The number of halogens is 2. The summed E-state index contributed by atoms with van der Waals surface area (Å²) in [7, 11) is -4.00. The van der Waals surface area contributed by atoms with Crippen molar-refractivity contribution < 1.29 is 12.8 Å². The molecule has 0 aliphatic rings. The number of hydrogen-bond donors (Lipinski definition) is 1. The van der Waals surface area contributed by atoms with E-state index in [1.54, 1.807) is 19.1 Å². The van der Waals surface area contributed by atoms with Gasteiger partial charge in [-0.15, -0.1) is 11.3 Å². The molecule has 1 aromatic carbocycles. The Bertz CT molecular complexity index is 726. The normalized spacial score (nSPS) is 12.0. The first-order valence-electron chi connectivity index (χ1n) is 6.14. The minimum Gasteiger partial charge on any atom is -0.398 e. The molecule has 0 amide bonds. The Labute approximate surface area is 132 Å². The van der Waals surface area contributed by atoms with Crippen molar-refractivity contribution in [1.29, 1.82) is 0 Å². The maximum absolute atomic E-state index is 13.9. The largest absolute Gasteiger partial charge is 0.398 e. The van der Waals surface area contributed by atoms with Gasteiger partial charge in [-0.1, -0.05) is 24.6 Å². The third-order valence-corrected chi connectivity index (χ3v) is 6.14. The van der Waals surface area contributed by atoms with Crippen LogP contribution in [0, 0.1) is 5.82 Å². The molecule has 1 aromatic heterocycles. The molecule has 0 unspecified atom stereocenters. The zero-order chi connectivity index (χ0) is 15.6. The van der Waals surface area contributed by atoms with Crippen LogP contribution in [0.5, 0.6) is 0 Å². The molecule has 0 saturated carbocycles. The van der Waals surface area contributed by atoms with Gasteiger partial charge in [0.2, 0.25) is 10.0 Å². The number of anilines is 1. The highest BCUT2D eigenvalue weighted by molar-refractivity contribution is 7.89. The SMILES string of the molecule is CCN(Cc1ccc(Cl)s1)S(=O)(=O)c1c(N)cccc1F. The molecule has 2 aromatic rings. The molecular formula is C13H14ClFN2O2S2. The highest BCUT2D eigenvalue weighted by atomic mass is 35.5. The Balaban J connectivity index is 2.40. The third kappa shape index (κ3) is 3.37. The Morgan fingerprint density at radius 3 is 2.57 bits per heavy atom. The molecule has 0 aliphatic carbocycles. The molecule has 0 spiro atoms. The molecule has 114 valence electrons. The van der Waals surface area contributed by atoms with Gasteiger partial charge in [0, 0.05) is 18.0 Å². The number of hydrogen-bond acceptors (Lipinski definition) is 4. The van der Waals surface area contributed by atoms with Crippen molar-refractivity contribution in [3.63, 3.8) is 0 Å². The first kappa shape index (κ1) is 16.2. The highest BCUT2D eigenvalue weighted by Crippen LogP contribution is 2.28. The van der Waals surface area contributed by atoms with Crippen molar-refractivity contribution in [1.82, 2.24) is 4.31 Å². The summed E-state index contributed by atoms with van der Waals surface area (Å²) in [5, 5.41) is 0. The van der Waals surface area contributed by atoms with Crippen LogP contribution in [0.2, 0.25) is 4.34 Å². The van der Waals surface area contributed by atoms with Crippen molar-refractivity contribution in [3.05, 3.63) is 45.4 Å². The van der Waals surface area contributed by atoms with Crippen molar-refractivity contribution in [3.8, 4) is 0 Å². The van der Waals surface area contributed by atoms with Gasteiger partial charge in [0.15, 0.2) is 0 Å². The summed E-state index contributed by atoms with van der Waals surface area (Å²) < 4.78 is 40.8. The maximum atomic E-state index is 13.9. The van der Waals surface area contributed by atoms with E-state index in [0.29, 0.717) is 4.34 Å². The molecular weight excluding hydrogens is 335 g/mol. The topological polar surface area (TPSA) is 63.4 Å². The summed E-state index contributed by atoms with van der Waals surface area (Å²) in [5.41, 5.74) is 5.53. The first-order valence-corrected chi connectivity index (χ1v) is 8.78. The van der Waals surface area contributed by atoms with Crippen molar-refractivity contribution in [2.24, 2.45) is 0 Å². The number of nitrogens with zero attached hydrogens (tertiary/aromatic N) is 1. The van der Waals surface area contributed by atoms with Gasteiger partial charge < -0.3 is 5.73 Å². The second-order valence-electron chi connectivity index (χ2n) is 4.30. The Kier molecular flexibility index (Phi) is 4.88. The lowest BCUT2D eigenvalue weighted by Gasteiger charge is -2.21. The molecule has 1 heterocycles. The van der Waals surface area contributed by atoms with E-state index in [9.17, 15) is 12.8 Å². The highest BCUT2D eigenvalue weighted by Gasteiger charge is 2.29. The lowest BCUT2D eigenvalue weighted by molar-refractivity contribution is 0.422. The molecule has 21 heavy (non-hydrogen) atoms. The summed E-state index contributed by atoms with van der Waals surface area (Å²) in [6, 6.07) is 7.26. The monoisotopic (exact) mass is 348 g/mol. The molecule has 0 aliphatic heterocycles. The fourth-order valence-electron chi connectivity index (χ4n) is 1.90. The Hall–Kier alpha value is -1.15. The average Bonchev–Trinajstić information content (AvgIpc) is 2.81. The lowest BCUT2D eigenvalue weighted by Crippen LogP contribution is -2.31. The number of nitrogens with two attached hydrogens (primary N) is 1. The molecule has 2 N–H and O–H groups in total. The molecule has 2 rings (SSSR count). The second-order valence-corrected chi connectivity index (χ2v) is 7.97. The standard InChI is InChI=1S/C13H14ClFN2O2S2/c1-2-17(8-9-6-7-12(14)20-9)21(18,19)13-10(15)4-3-5-11(13)16/h3-7H,2,8,16H2,1H3. The van der Waals surface area contributed by atoms with E-state index in [-0.39, 0.29) is 18.8 Å². The quantitative estimate of drug-likeness (QED) is 0.843. The smallest absolute Gasteiger partial charge is 0.248 e. The van der Waals surface area contributed by atoms with E-state index in [4.69, 9.17) is 17.3 Å². The van der Waals surface area contributed by atoms with Gasteiger partial charge in [0.25, 0.3) is 0 Å². The molecule has 8 heteroatoms. The van der Waals surface area contributed by atoms with Crippen molar-refractivity contribution >= 4 is 38.6 Å².